The van der Waals surface area contributed by atoms with Gasteiger partial charge in [0.05, 0.1) is 22.4 Å². The van der Waals surface area contributed by atoms with Crippen LogP contribution in [0.15, 0.2) is 243 Å². The van der Waals surface area contributed by atoms with Crippen molar-refractivity contribution in [2.24, 2.45) is 0 Å². The summed E-state index contributed by atoms with van der Waals surface area (Å²) >= 11 is 0. The number of hydrogen-bond acceptors (Lipinski definition) is 1. The molecule has 0 fully saturated rings. The molecule has 11 aromatic rings. The number of hydrogen-bond donors (Lipinski definition) is 0. The smallest absolute Gasteiger partial charge is 0.0547 e. The number of fused-ring (bicyclic) bond motifs is 6. The highest BCUT2D eigenvalue weighted by Gasteiger charge is 2.37. The Balaban J connectivity index is 1.09. The highest BCUT2D eigenvalue weighted by molar-refractivity contribution is 6.10. The molecule has 10 aromatic carbocycles. The Labute approximate surface area is 381 Å². The maximum Gasteiger partial charge on any atom is 0.0547 e. The Hall–Kier alpha value is -8.20. The average Bonchev–Trinajstić information content (AvgIpc) is 3.83. The van der Waals surface area contributed by atoms with E-state index in [4.69, 9.17) is 0 Å². The lowest BCUT2D eigenvalue weighted by Crippen LogP contribution is -2.15. The molecule has 1 aliphatic rings. The van der Waals surface area contributed by atoms with Crippen LogP contribution in [0.3, 0.4) is 0 Å². The maximum absolute atomic E-state index is 2.50. The van der Waals surface area contributed by atoms with Gasteiger partial charge >= 0.3 is 0 Å². The van der Waals surface area contributed by atoms with Crippen LogP contribution in [0.25, 0.3) is 83.1 Å². The van der Waals surface area contributed by atoms with Gasteiger partial charge in [0, 0.05) is 38.7 Å². The van der Waals surface area contributed by atoms with E-state index in [1.165, 1.54) is 71.9 Å². The van der Waals surface area contributed by atoms with Crippen molar-refractivity contribution in [2.45, 2.75) is 19.3 Å². The van der Waals surface area contributed by atoms with Crippen LogP contribution in [0.2, 0.25) is 0 Å². The fourth-order valence-corrected chi connectivity index (χ4v) is 10.6. The fourth-order valence-electron chi connectivity index (χ4n) is 10.6. The van der Waals surface area contributed by atoms with Gasteiger partial charge in [-0.15, -0.1) is 0 Å². The first-order chi connectivity index (χ1) is 32.0. The van der Waals surface area contributed by atoms with Crippen LogP contribution in [0.4, 0.5) is 17.1 Å². The molecule has 0 unspecified atom stereocenters. The van der Waals surface area contributed by atoms with Gasteiger partial charge in [0.15, 0.2) is 0 Å². The van der Waals surface area contributed by atoms with Gasteiger partial charge < -0.3 is 9.47 Å². The second-order valence-corrected chi connectivity index (χ2v) is 17.7. The number of para-hydroxylation sites is 4. The lowest BCUT2D eigenvalue weighted by atomic mass is 9.82. The molecule has 0 radical (unpaired) electrons. The van der Waals surface area contributed by atoms with Crippen LogP contribution < -0.4 is 4.90 Å². The molecule has 2 nitrogen and oxygen atoms in total. The van der Waals surface area contributed by atoms with E-state index in [2.05, 4.69) is 266 Å². The summed E-state index contributed by atoms with van der Waals surface area (Å²) < 4.78 is 2.40. The third kappa shape index (κ3) is 6.32. The average molecular weight is 831 g/mol. The SMILES string of the molecule is CC1(C)c2ccccc2-c2c(-c3ccccc3N(c3cccc(-c4ccc5c6ccccc6n(-c6ccccc6)c5c4)c3)c3ccccc3-c3ccccc3-c3ccccc3)cccc21. The minimum absolute atomic E-state index is 0.119. The van der Waals surface area contributed by atoms with Gasteiger partial charge in [-0.05, 0) is 104 Å². The summed E-state index contributed by atoms with van der Waals surface area (Å²) in [5.41, 5.74) is 21.5. The predicted molar refractivity (Wildman–Crippen MR) is 275 cm³/mol. The van der Waals surface area contributed by atoms with Crippen molar-refractivity contribution in [3.8, 4) is 61.3 Å². The third-order valence-corrected chi connectivity index (χ3v) is 13.6. The van der Waals surface area contributed by atoms with E-state index in [1.54, 1.807) is 0 Å². The molecule has 0 spiro atoms. The van der Waals surface area contributed by atoms with E-state index >= 15 is 0 Å². The van der Waals surface area contributed by atoms with Crippen LogP contribution >= 0.6 is 0 Å². The molecule has 2 heteroatoms. The van der Waals surface area contributed by atoms with E-state index in [0.29, 0.717) is 0 Å². The van der Waals surface area contributed by atoms with Gasteiger partial charge in [-0.3, -0.25) is 0 Å². The molecular formula is C63H46N2. The quantitative estimate of drug-likeness (QED) is 0.148. The van der Waals surface area contributed by atoms with Crippen molar-refractivity contribution in [3.63, 3.8) is 0 Å². The zero-order chi connectivity index (χ0) is 43.5. The van der Waals surface area contributed by atoms with Crippen LogP contribution in [0.1, 0.15) is 25.0 Å². The summed E-state index contributed by atoms with van der Waals surface area (Å²) in [6.45, 7) is 4.73. The van der Waals surface area contributed by atoms with E-state index < -0.39 is 0 Å². The highest BCUT2D eigenvalue weighted by Crippen LogP contribution is 2.54. The van der Waals surface area contributed by atoms with Crippen molar-refractivity contribution in [3.05, 3.63) is 254 Å². The van der Waals surface area contributed by atoms with Crippen LogP contribution in [-0.4, -0.2) is 4.57 Å². The van der Waals surface area contributed by atoms with E-state index in [-0.39, 0.29) is 5.41 Å². The maximum atomic E-state index is 2.50. The van der Waals surface area contributed by atoms with Gasteiger partial charge in [0.2, 0.25) is 0 Å². The summed E-state index contributed by atoms with van der Waals surface area (Å²) in [5, 5.41) is 2.49. The molecule has 0 saturated heterocycles. The van der Waals surface area contributed by atoms with Crippen molar-refractivity contribution < 1.29 is 0 Å². The summed E-state index contributed by atoms with van der Waals surface area (Å²) in [4.78, 5) is 2.50. The Morgan fingerprint density at radius 2 is 0.862 bits per heavy atom. The molecule has 1 aromatic heterocycles. The van der Waals surface area contributed by atoms with E-state index in [1.807, 2.05) is 0 Å². The van der Waals surface area contributed by atoms with Crippen molar-refractivity contribution in [1.82, 2.24) is 4.57 Å². The molecule has 12 rings (SSSR count). The van der Waals surface area contributed by atoms with E-state index in [9.17, 15) is 0 Å². The molecule has 1 aliphatic carbocycles. The first kappa shape index (κ1) is 38.5. The monoisotopic (exact) mass is 830 g/mol. The van der Waals surface area contributed by atoms with Gasteiger partial charge in [-0.1, -0.05) is 208 Å². The zero-order valence-corrected chi connectivity index (χ0v) is 36.5. The zero-order valence-electron chi connectivity index (χ0n) is 36.5. The Morgan fingerprint density at radius 1 is 0.338 bits per heavy atom. The second kappa shape index (κ2) is 15.6. The number of aromatic nitrogens is 1. The van der Waals surface area contributed by atoms with Crippen LogP contribution in [0.5, 0.6) is 0 Å². The molecule has 0 bridgehead atoms. The predicted octanol–water partition coefficient (Wildman–Crippen LogP) is 17.2. The van der Waals surface area contributed by atoms with E-state index in [0.717, 1.165) is 39.4 Å². The fraction of sp³-hybridized carbons (Fsp3) is 0.0476. The van der Waals surface area contributed by atoms with Crippen molar-refractivity contribution in [1.29, 1.82) is 0 Å². The molecule has 0 aliphatic heterocycles. The third-order valence-electron chi connectivity index (χ3n) is 13.6. The Bertz CT molecular complexity index is 3580. The number of nitrogens with zero attached hydrogens (tertiary/aromatic N) is 2. The molecule has 65 heavy (non-hydrogen) atoms. The topological polar surface area (TPSA) is 8.17 Å². The van der Waals surface area contributed by atoms with Crippen LogP contribution in [0, 0.1) is 0 Å². The normalized spacial score (nSPS) is 12.6. The minimum Gasteiger partial charge on any atom is -0.309 e. The first-order valence-corrected chi connectivity index (χ1v) is 22.6. The molecule has 0 N–H and O–H groups in total. The molecule has 0 saturated carbocycles. The Morgan fingerprint density at radius 3 is 1.63 bits per heavy atom. The highest BCUT2D eigenvalue weighted by atomic mass is 15.1. The molecular weight excluding hydrogens is 785 g/mol. The molecule has 1 heterocycles. The summed E-state index contributed by atoms with van der Waals surface area (Å²) in [7, 11) is 0. The van der Waals surface area contributed by atoms with Crippen molar-refractivity contribution >= 4 is 38.9 Å². The van der Waals surface area contributed by atoms with Gasteiger partial charge in [0.1, 0.15) is 0 Å². The number of rotatable bonds is 8. The van der Waals surface area contributed by atoms with Gasteiger partial charge in [-0.2, -0.15) is 0 Å². The molecule has 0 amide bonds. The van der Waals surface area contributed by atoms with Gasteiger partial charge in [-0.25, -0.2) is 0 Å². The van der Waals surface area contributed by atoms with Crippen LogP contribution in [-0.2, 0) is 5.41 Å². The lowest BCUT2D eigenvalue weighted by Gasteiger charge is -2.31. The first-order valence-electron chi connectivity index (χ1n) is 22.6. The summed E-state index contributed by atoms with van der Waals surface area (Å²) in [5.74, 6) is 0. The lowest BCUT2D eigenvalue weighted by molar-refractivity contribution is 0.660. The molecule has 308 valence electrons. The minimum atomic E-state index is -0.119. The van der Waals surface area contributed by atoms with Crippen molar-refractivity contribution in [2.75, 3.05) is 4.90 Å². The molecule has 0 atom stereocenters. The van der Waals surface area contributed by atoms with Gasteiger partial charge in [0.25, 0.3) is 0 Å². The second-order valence-electron chi connectivity index (χ2n) is 17.7. The standard InChI is InChI=1S/C63H46N2/c1-63(2)56-34-15-11-32-55(56)62-54(33-20-35-57(62)63)52-31-14-18-38-60(52)65(58-36-16-12-29-50(58)49-28-10-9-27-48(49)43-21-5-3-6-22-43)47-26-19-23-44(41-47)45-39-40-53-51-30-13-17-37-59(51)64(61(53)42-45)46-24-7-4-8-25-46/h3-42H,1-2H3. The summed E-state index contributed by atoms with van der Waals surface area (Å²) in [6, 6.07) is 88.9. The number of anilines is 3. The Kier molecular flexibility index (Phi) is 9.21. The largest absolute Gasteiger partial charge is 0.309 e. The number of benzene rings is 10. The summed E-state index contributed by atoms with van der Waals surface area (Å²) in [6.07, 6.45) is 0.